The van der Waals surface area contributed by atoms with E-state index >= 15 is 0 Å². The van der Waals surface area contributed by atoms with E-state index < -0.39 is 9.84 Å². The molecule has 5 heteroatoms. The Morgan fingerprint density at radius 1 is 1.32 bits per heavy atom. The molecule has 1 heterocycles. The quantitative estimate of drug-likeness (QED) is 0.845. The first-order valence-electron chi connectivity index (χ1n) is 6.53. The lowest BCUT2D eigenvalue weighted by molar-refractivity contribution is -0.118. The maximum Gasteiger partial charge on any atom is 0.227 e. The summed E-state index contributed by atoms with van der Waals surface area (Å²) in [6.45, 7) is 0.731. The van der Waals surface area contributed by atoms with Gasteiger partial charge in [-0.2, -0.15) is 0 Å². The van der Waals surface area contributed by atoms with Gasteiger partial charge in [-0.1, -0.05) is 18.2 Å². The predicted molar refractivity (Wildman–Crippen MR) is 76.1 cm³/mol. The van der Waals surface area contributed by atoms with Crippen LogP contribution in [0.25, 0.3) is 0 Å². The smallest absolute Gasteiger partial charge is 0.227 e. The Labute approximate surface area is 114 Å². The molecule has 0 saturated heterocycles. The molecule has 1 aliphatic heterocycles. The van der Waals surface area contributed by atoms with Crippen molar-refractivity contribution >= 4 is 21.4 Å². The number of nitrogens with zero attached hydrogens (tertiary/aromatic N) is 1. The monoisotopic (exact) mass is 281 g/mol. The van der Waals surface area contributed by atoms with Crippen LogP contribution in [0.2, 0.25) is 0 Å². The lowest BCUT2D eigenvalue weighted by Crippen LogP contribution is -2.35. The first-order valence-corrected chi connectivity index (χ1v) is 8.59. The highest BCUT2D eigenvalue weighted by atomic mass is 32.2. The van der Waals surface area contributed by atoms with Gasteiger partial charge in [-0.05, 0) is 30.9 Å². The van der Waals surface area contributed by atoms with E-state index in [1.165, 1.54) is 11.8 Å². The van der Waals surface area contributed by atoms with Crippen molar-refractivity contribution in [1.29, 1.82) is 0 Å². The van der Waals surface area contributed by atoms with Gasteiger partial charge >= 0.3 is 0 Å². The minimum atomic E-state index is -2.98. The topological polar surface area (TPSA) is 54.5 Å². The Morgan fingerprint density at radius 3 is 2.79 bits per heavy atom. The average molecular weight is 281 g/mol. The number of amides is 1. The zero-order chi connectivity index (χ0) is 13.9. The van der Waals surface area contributed by atoms with E-state index in [0.717, 1.165) is 25.1 Å². The van der Waals surface area contributed by atoms with Gasteiger partial charge in [-0.3, -0.25) is 4.79 Å². The summed E-state index contributed by atoms with van der Waals surface area (Å²) in [5.41, 5.74) is 2.18. The Morgan fingerprint density at radius 2 is 2.05 bits per heavy atom. The van der Waals surface area contributed by atoms with Crippen LogP contribution in [0, 0.1) is 0 Å². The van der Waals surface area contributed by atoms with Crippen LogP contribution in [-0.4, -0.2) is 32.9 Å². The van der Waals surface area contributed by atoms with Crippen molar-refractivity contribution in [2.24, 2.45) is 0 Å². The molecule has 1 aromatic carbocycles. The number of anilines is 1. The average Bonchev–Trinajstić information content (AvgIpc) is 2.36. The fourth-order valence-electron chi connectivity index (χ4n) is 2.41. The number of benzene rings is 1. The molecule has 0 saturated carbocycles. The van der Waals surface area contributed by atoms with E-state index in [-0.39, 0.29) is 11.7 Å². The minimum absolute atomic E-state index is 0.0239. The van der Waals surface area contributed by atoms with Gasteiger partial charge in [0.2, 0.25) is 5.91 Å². The van der Waals surface area contributed by atoms with Crippen molar-refractivity contribution in [3.05, 3.63) is 29.8 Å². The first-order chi connectivity index (χ1) is 8.97. The van der Waals surface area contributed by atoms with Crippen molar-refractivity contribution in [3.8, 4) is 0 Å². The van der Waals surface area contributed by atoms with Crippen molar-refractivity contribution in [2.45, 2.75) is 25.7 Å². The van der Waals surface area contributed by atoms with Gasteiger partial charge in [0.1, 0.15) is 9.84 Å². The molecule has 0 atom stereocenters. The molecule has 0 unspecified atom stereocenters. The molecule has 19 heavy (non-hydrogen) atoms. The van der Waals surface area contributed by atoms with Crippen LogP contribution in [0.5, 0.6) is 0 Å². The lowest BCUT2D eigenvalue weighted by Gasteiger charge is -2.29. The summed E-state index contributed by atoms with van der Waals surface area (Å²) in [5.74, 6) is 0.101. The van der Waals surface area contributed by atoms with E-state index in [4.69, 9.17) is 0 Å². The molecule has 1 aromatic rings. The first kappa shape index (κ1) is 14.1. The van der Waals surface area contributed by atoms with E-state index in [1.807, 2.05) is 24.3 Å². The van der Waals surface area contributed by atoms with Gasteiger partial charge < -0.3 is 4.90 Å². The lowest BCUT2D eigenvalue weighted by atomic mass is 10.0. The molecule has 104 valence electrons. The zero-order valence-electron chi connectivity index (χ0n) is 11.1. The van der Waals surface area contributed by atoms with Gasteiger partial charge in [-0.15, -0.1) is 0 Å². The third-order valence-electron chi connectivity index (χ3n) is 3.32. The SMILES string of the molecule is CS(=O)(=O)CCCC(=O)N1CCCc2ccccc21. The summed E-state index contributed by atoms with van der Waals surface area (Å²) >= 11 is 0. The third kappa shape index (κ3) is 3.80. The highest BCUT2D eigenvalue weighted by Gasteiger charge is 2.21. The van der Waals surface area contributed by atoms with Crippen LogP contribution in [0.3, 0.4) is 0 Å². The van der Waals surface area contributed by atoms with Crippen molar-refractivity contribution in [2.75, 3.05) is 23.5 Å². The van der Waals surface area contributed by atoms with E-state index in [9.17, 15) is 13.2 Å². The summed E-state index contributed by atoms with van der Waals surface area (Å²) in [6, 6.07) is 7.92. The maximum atomic E-state index is 12.2. The summed E-state index contributed by atoms with van der Waals surface area (Å²) in [7, 11) is -2.98. The number of sulfone groups is 1. The molecular formula is C14H19NO3S. The van der Waals surface area contributed by atoms with Crippen LogP contribution in [-0.2, 0) is 21.1 Å². The fourth-order valence-corrected chi connectivity index (χ4v) is 3.08. The van der Waals surface area contributed by atoms with Crippen LogP contribution in [0.15, 0.2) is 24.3 Å². The summed E-state index contributed by atoms with van der Waals surface area (Å²) < 4.78 is 22.1. The molecule has 0 fully saturated rings. The predicted octanol–water partition coefficient (Wildman–Crippen LogP) is 1.79. The van der Waals surface area contributed by atoms with Gasteiger partial charge in [0, 0.05) is 24.9 Å². The highest BCUT2D eigenvalue weighted by Crippen LogP contribution is 2.27. The fraction of sp³-hybridized carbons (Fsp3) is 0.500. The Bertz CT molecular complexity index is 566. The standard InChI is InChI=1S/C14H19NO3S/c1-19(17,18)11-5-9-14(16)15-10-4-7-12-6-2-3-8-13(12)15/h2-3,6,8H,4-5,7,9-11H2,1H3. The number of aryl methyl sites for hydroxylation is 1. The normalized spacial score (nSPS) is 15.1. The Balaban J connectivity index is 2.01. The largest absolute Gasteiger partial charge is 0.312 e. The molecule has 4 nitrogen and oxygen atoms in total. The van der Waals surface area contributed by atoms with E-state index in [2.05, 4.69) is 0 Å². The number of para-hydroxylation sites is 1. The van der Waals surface area contributed by atoms with Crippen molar-refractivity contribution < 1.29 is 13.2 Å². The van der Waals surface area contributed by atoms with E-state index in [1.54, 1.807) is 4.90 Å². The van der Waals surface area contributed by atoms with E-state index in [0.29, 0.717) is 12.8 Å². The highest BCUT2D eigenvalue weighted by molar-refractivity contribution is 7.90. The number of carbonyl (C=O) groups is 1. The molecule has 0 radical (unpaired) electrons. The molecular weight excluding hydrogens is 262 g/mol. The number of carbonyl (C=O) groups excluding carboxylic acids is 1. The van der Waals surface area contributed by atoms with Crippen LogP contribution in [0.1, 0.15) is 24.8 Å². The van der Waals surface area contributed by atoms with Crippen molar-refractivity contribution in [3.63, 3.8) is 0 Å². The third-order valence-corrected chi connectivity index (χ3v) is 4.35. The van der Waals surface area contributed by atoms with Gasteiger partial charge in [-0.25, -0.2) is 8.42 Å². The molecule has 1 aliphatic rings. The number of fused-ring (bicyclic) bond motifs is 1. The summed E-state index contributed by atoms with van der Waals surface area (Å²) in [5, 5.41) is 0. The summed E-state index contributed by atoms with van der Waals surface area (Å²) in [4.78, 5) is 14.0. The molecule has 0 aliphatic carbocycles. The van der Waals surface area contributed by atoms with Gasteiger partial charge in [0.15, 0.2) is 0 Å². The van der Waals surface area contributed by atoms with Crippen LogP contribution < -0.4 is 4.90 Å². The van der Waals surface area contributed by atoms with Crippen molar-refractivity contribution in [1.82, 2.24) is 0 Å². The van der Waals surface area contributed by atoms with Gasteiger partial charge in [0.05, 0.1) is 5.75 Å². The maximum absolute atomic E-state index is 12.2. The molecule has 1 amide bonds. The van der Waals surface area contributed by atoms with Crippen LogP contribution in [0.4, 0.5) is 5.69 Å². The zero-order valence-corrected chi connectivity index (χ0v) is 11.9. The number of rotatable bonds is 4. The molecule has 0 aromatic heterocycles. The Kier molecular flexibility index (Phi) is 4.24. The second-order valence-electron chi connectivity index (χ2n) is 5.01. The second kappa shape index (κ2) is 5.74. The minimum Gasteiger partial charge on any atom is -0.312 e. The summed E-state index contributed by atoms with van der Waals surface area (Å²) in [6.07, 6.45) is 3.86. The number of hydrogen-bond donors (Lipinski definition) is 0. The molecule has 0 N–H and O–H groups in total. The molecule has 0 bridgehead atoms. The van der Waals surface area contributed by atoms with Gasteiger partial charge in [0.25, 0.3) is 0 Å². The Hall–Kier alpha value is -1.36. The number of hydrogen-bond acceptors (Lipinski definition) is 3. The second-order valence-corrected chi connectivity index (χ2v) is 7.27. The molecule has 2 rings (SSSR count). The molecule has 0 spiro atoms. The van der Waals surface area contributed by atoms with Crippen LogP contribution >= 0.6 is 0 Å².